The maximum absolute atomic E-state index is 12.0. The highest BCUT2D eigenvalue weighted by Gasteiger charge is 2.16. The Morgan fingerprint density at radius 1 is 1.16 bits per heavy atom. The van der Waals surface area contributed by atoms with E-state index in [-0.39, 0.29) is 18.4 Å². The second-order valence-corrected chi connectivity index (χ2v) is 7.70. The minimum absolute atomic E-state index is 0.0618. The van der Waals surface area contributed by atoms with E-state index in [1.54, 1.807) is 28.9 Å². The van der Waals surface area contributed by atoms with Gasteiger partial charge in [0.1, 0.15) is 0 Å². The monoisotopic (exact) mass is 424 g/mol. The van der Waals surface area contributed by atoms with Crippen LogP contribution in [0.15, 0.2) is 30.5 Å². The first kappa shape index (κ1) is 22.4. The number of carbonyl (C=O) groups excluding carboxylic acids is 2. The van der Waals surface area contributed by atoms with E-state index >= 15 is 0 Å². The molecule has 9 nitrogen and oxygen atoms in total. The first-order chi connectivity index (χ1) is 15.1. The lowest BCUT2D eigenvalue weighted by molar-refractivity contribution is -0.126. The minimum Gasteiger partial charge on any atom is -0.381 e. The highest BCUT2D eigenvalue weighted by atomic mass is 16.5. The fourth-order valence-electron chi connectivity index (χ4n) is 3.42. The largest absolute Gasteiger partial charge is 0.381 e. The summed E-state index contributed by atoms with van der Waals surface area (Å²) in [6.07, 6.45) is 5.93. The average Bonchev–Trinajstić information content (AvgIpc) is 3.24. The van der Waals surface area contributed by atoms with E-state index in [1.807, 2.05) is 12.3 Å². The van der Waals surface area contributed by atoms with Crippen LogP contribution >= 0.6 is 0 Å². The molecule has 1 aliphatic heterocycles. The molecule has 1 aliphatic rings. The molecule has 1 fully saturated rings. The highest BCUT2D eigenvalue weighted by molar-refractivity contribution is 5.84. The molecule has 9 heteroatoms. The van der Waals surface area contributed by atoms with E-state index in [2.05, 4.69) is 20.9 Å². The normalized spacial score (nSPS) is 14.0. The highest BCUT2D eigenvalue weighted by Crippen LogP contribution is 2.18. The quantitative estimate of drug-likeness (QED) is 0.593. The second kappa shape index (κ2) is 11.8. The van der Waals surface area contributed by atoms with Gasteiger partial charge < -0.3 is 15.4 Å². The number of aryl methyl sites for hydroxylation is 1. The third-order valence-electron chi connectivity index (χ3n) is 5.23. The van der Waals surface area contributed by atoms with Crippen molar-refractivity contribution in [3.8, 4) is 6.07 Å². The number of nitrogens with one attached hydrogen (secondary N) is 2. The Balaban J connectivity index is 1.27. The molecule has 1 aromatic carbocycles. The van der Waals surface area contributed by atoms with Crippen molar-refractivity contribution in [2.75, 3.05) is 19.8 Å². The summed E-state index contributed by atoms with van der Waals surface area (Å²) >= 11 is 0. The van der Waals surface area contributed by atoms with Crippen molar-refractivity contribution >= 4 is 11.8 Å². The van der Waals surface area contributed by atoms with Crippen molar-refractivity contribution in [2.24, 2.45) is 5.92 Å². The number of ether oxygens (including phenoxy) is 1. The van der Waals surface area contributed by atoms with E-state index in [0.717, 1.165) is 43.7 Å². The van der Waals surface area contributed by atoms with E-state index in [1.165, 1.54) is 0 Å². The molecule has 0 aliphatic carbocycles. The van der Waals surface area contributed by atoms with Gasteiger partial charge in [0.25, 0.3) is 0 Å². The summed E-state index contributed by atoms with van der Waals surface area (Å²) in [6.45, 7) is 2.54. The van der Waals surface area contributed by atoms with Crippen molar-refractivity contribution in [1.82, 2.24) is 25.6 Å². The molecule has 2 amide bonds. The molecule has 1 saturated heterocycles. The first-order valence-corrected chi connectivity index (χ1v) is 10.6. The number of benzene rings is 1. The minimum atomic E-state index is -0.258. The van der Waals surface area contributed by atoms with Crippen LogP contribution in [-0.4, -0.2) is 46.6 Å². The number of hydrogen-bond donors (Lipinski definition) is 2. The molecule has 2 heterocycles. The molecule has 0 spiro atoms. The van der Waals surface area contributed by atoms with Gasteiger partial charge in [0, 0.05) is 38.9 Å². The Bertz CT molecular complexity index is 897. The number of hydrogen-bond acceptors (Lipinski definition) is 6. The van der Waals surface area contributed by atoms with E-state index in [0.29, 0.717) is 37.4 Å². The SMILES string of the molecule is N#Cc1ccc(CNC(=O)CNC(=O)CCCn2cc(CC3CCOCC3)nn2)cc1. The first-order valence-electron chi connectivity index (χ1n) is 10.6. The molecule has 164 valence electrons. The average molecular weight is 425 g/mol. The van der Waals surface area contributed by atoms with Crippen molar-refractivity contribution in [3.63, 3.8) is 0 Å². The number of aromatic nitrogens is 3. The molecule has 2 aromatic rings. The molecule has 0 bridgehead atoms. The van der Waals surface area contributed by atoms with Gasteiger partial charge in [-0.25, -0.2) is 0 Å². The lowest BCUT2D eigenvalue weighted by Crippen LogP contribution is -2.36. The summed E-state index contributed by atoms with van der Waals surface area (Å²) in [5, 5.41) is 22.5. The van der Waals surface area contributed by atoms with Crippen molar-refractivity contribution in [1.29, 1.82) is 5.26 Å². The zero-order valence-electron chi connectivity index (χ0n) is 17.5. The van der Waals surface area contributed by atoms with Gasteiger partial charge >= 0.3 is 0 Å². The Hall–Kier alpha value is -3.25. The smallest absolute Gasteiger partial charge is 0.239 e. The molecule has 0 unspecified atom stereocenters. The number of nitriles is 1. The maximum Gasteiger partial charge on any atom is 0.239 e. The van der Waals surface area contributed by atoms with Crippen LogP contribution < -0.4 is 10.6 Å². The second-order valence-electron chi connectivity index (χ2n) is 7.70. The van der Waals surface area contributed by atoms with Crippen LogP contribution in [0.3, 0.4) is 0 Å². The van der Waals surface area contributed by atoms with Gasteiger partial charge in [0.15, 0.2) is 0 Å². The van der Waals surface area contributed by atoms with E-state index in [9.17, 15) is 9.59 Å². The summed E-state index contributed by atoms with van der Waals surface area (Å²) in [4.78, 5) is 23.9. The van der Waals surface area contributed by atoms with Crippen molar-refractivity contribution in [3.05, 3.63) is 47.3 Å². The zero-order valence-corrected chi connectivity index (χ0v) is 17.5. The van der Waals surface area contributed by atoms with Gasteiger partial charge in [0.05, 0.1) is 23.9 Å². The molecule has 0 saturated carbocycles. The predicted molar refractivity (Wildman–Crippen MR) is 113 cm³/mol. The fraction of sp³-hybridized carbons (Fsp3) is 0.500. The van der Waals surface area contributed by atoms with Crippen molar-refractivity contribution < 1.29 is 14.3 Å². The Morgan fingerprint density at radius 2 is 1.94 bits per heavy atom. The summed E-state index contributed by atoms with van der Waals surface area (Å²) in [7, 11) is 0. The van der Waals surface area contributed by atoms with Gasteiger partial charge in [-0.05, 0) is 49.3 Å². The fourth-order valence-corrected chi connectivity index (χ4v) is 3.42. The Labute approximate surface area is 181 Å². The van der Waals surface area contributed by atoms with Crippen LogP contribution in [0.2, 0.25) is 0 Å². The van der Waals surface area contributed by atoms with Crippen LogP contribution in [-0.2, 0) is 33.8 Å². The standard InChI is InChI=1S/C22H28N6O3/c23-13-18-3-5-19(6-4-18)14-24-22(30)15-25-21(29)2-1-9-28-16-20(26-27-28)12-17-7-10-31-11-8-17/h3-6,16-17H,1-2,7-12,14-15H2,(H,24,30)(H,25,29). The maximum atomic E-state index is 12.0. The molecule has 0 atom stereocenters. The molecule has 3 rings (SSSR count). The van der Waals surface area contributed by atoms with E-state index in [4.69, 9.17) is 10.00 Å². The van der Waals surface area contributed by atoms with Crippen LogP contribution in [0.4, 0.5) is 0 Å². The topological polar surface area (TPSA) is 122 Å². The van der Waals surface area contributed by atoms with Gasteiger partial charge in [0.2, 0.25) is 11.8 Å². The van der Waals surface area contributed by atoms with Gasteiger partial charge in [-0.2, -0.15) is 5.26 Å². The number of carbonyl (C=O) groups is 2. The molecule has 1 aromatic heterocycles. The lowest BCUT2D eigenvalue weighted by Gasteiger charge is -2.20. The van der Waals surface area contributed by atoms with E-state index < -0.39 is 0 Å². The number of rotatable bonds is 10. The van der Waals surface area contributed by atoms with Crippen LogP contribution in [0.1, 0.15) is 42.5 Å². The van der Waals surface area contributed by atoms with Gasteiger partial charge in [-0.1, -0.05) is 17.3 Å². The lowest BCUT2D eigenvalue weighted by atomic mass is 9.95. The van der Waals surface area contributed by atoms with Crippen LogP contribution in [0.5, 0.6) is 0 Å². The summed E-state index contributed by atoms with van der Waals surface area (Å²) in [5.41, 5.74) is 2.45. The molecule has 0 radical (unpaired) electrons. The Morgan fingerprint density at radius 3 is 2.68 bits per heavy atom. The predicted octanol–water partition coefficient (Wildman–Crippen LogP) is 1.33. The summed E-state index contributed by atoms with van der Waals surface area (Å²) < 4.78 is 7.15. The molecule has 31 heavy (non-hydrogen) atoms. The summed E-state index contributed by atoms with van der Waals surface area (Å²) in [5.74, 6) is 0.176. The summed E-state index contributed by atoms with van der Waals surface area (Å²) in [6, 6.07) is 9.03. The van der Waals surface area contributed by atoms with Crippen LogP contribution in [0, 0.1) is 17.2 Å². The van der Waals surface area contributed by atoms with Crippen LogP contribution in [0.25, 0.3) is 0 Å². The molecule has 2 N–H and O–H groups in total. The third kappa shape index (κ3) is 7.83. The number of nitrogens with zero attached hydrogens (tertiary/aromatic N) is 4. The number of amides is 2. The van der Waals surface area contributed by atoms with Crippen molar-refractivity contribution in [2.45, 2.75) is 45.2 Å². The molecular weight excluding hydrogens is 396 g/mol. The van der Waals surface area contributed by atoms with Gasteiger partial charge in [-0.15, -0.1) is 5.10 Å². The zero-order chi connectivity index (χ0) is 21.9. The van der Waals surface area contributed by atoms with Gasteiger partial charge in [-0.3, -0.25) is 14.3 Å². The molecular formula is C22H28N6O3. The Kier molecular flexibility index (Phi) is 8.55. The third-order valence-corrected chi connectivity index (χ3v) is 5.23.